The molecule has 2 atom stereocenters. The highest BCUT2D eigenvalue weighted by Crippen LogP contribution is 2.18. The van der Waals surface area contributed by atoms with E-state index >= 15 is 0 Å². The summed E-state index contributed by atoms with van der Waals surface area (Å²) in [6.07, 6.45) is 3.29. The Balaban J connectivity index is 0. The first-order chi connectivity index (χ1) is 6.67. The number of hydrogen-bond acceptors (Lipinski definition) is 3. The number of rotatable bonds is 6. The molecule has 3 nitrogen and oxygen atoms in total. The van der Waals surface area contributed by atoms with Crippen LogP contribution in [0, 0.1) is 5.92 Å². The second-order valence-corrected chi connectivity index (χ2v) is 3.55. The second-order valence-electron chi connectivity index (χ2n) is 2.57. The van der Waals surface area contributed by atoms with Gasteiger partial charge in [0.25, 0.3) is 0 Å². The van der Waals surface area contributed by atoms with Crippen LogP contribution in [0.3, 0.4) is 0 Å². The van der Waals surface area contributed by atoms with E-state index in [4.69, 9.17) is 0 Å². The molecule has 0 rings (SSSR count). The Morgan fingerprint density at radius 2 is 2.00 bits per heavy atom. The molecule has 0 spiro atoms. The molecule has 1 N–H and O–H groups in total. The molecule has 0 aliphatic rings. The SMILES string of the molecule is CC.CCC(C(C)=O)C(NC=O)SC. The highest BCUT2D eigenvalue weighted by Gasteiger charge is 2.22. The van der Waals surface area contributed by atoms with E-state index in [0.29, 0.717) is 6.41 Å². The van der Waals surface area contributed by atoms with E-state index in [-0.39, 0.29) is 17.1 Å². The molecule has 0 saturated carbocycles. The third-order valence-electron chi connectivity index (χ3n) is 1.81. The average molecular weight is 219 g/mol. The number of nitrogens with one attached hydrogen (secondary N) is 1. The topological polar surface area (TPSA) is 46.2 Å². The molecule has 0 fully saturated rings. The van der Waals surface area contributed by atoms with Crippen LogP contribution in [0.4, 0.5) is 0 Å². The van der Waals surface area contributed by atoms with Gasteiger partial charge in [0.2, 0.25) is 6.41 Å². The Hall–Kier alpha value is -0.510. The van der Waals surface area contributed by atoms with Crippen molar-refractivity contribution in [1.29, 1.82) is 0 Å². The first-order valence-electron chi connectivity index (χ1n) is 4.90. The minimum absolute atomic E-state index is 0.0646. The molecular weight excluding hydrogens is 198 g/mol. The number of Topliss-reactive ketones (excluding diaryl/α,β-unsaturated/α-hetero) is 1. The van der Waals surface area contributed by atoms with Crippen molar-refractivity contribution in [2.24, 2.45) is 5.92 Å². The second kappa shape index (κ2) is 10.6. The third-order valence-corrected chi connectivity index (χ3v) is 2.79. The van der Waals surface area contributed by atoms with Crippen molar-refractivity contribution in [2.75, 3.05) is 6.26 Å². The molecule has 0 aromatic carbocycles. The number of thioether (sulfide) groups is 1. The fourth-order valence-corrected chi connectivity index (χ4v) is 2.03. The van der Waals surface area contributed by atoms with E-state index in [0.717, 1.165) is 6.42 Å². The van der Waals surface area contributed by atoms with Gasteiger partial charge in [-0.3, -0.25) is 9.59 Å². The highest BCUT2D eigenvalue weighted by molar-refractivity contribution is 7.99. The molecule has 0 bridgehead atoms. The van der Waals surface area contributed by atoms with Gasteiger partial charge in [-0.15, -0.1) is 11.8 Å². The molecule has 0 aliphatic carbocycles. The van der Waals surface area contributed by atoms with Gasteiger partial charge in [0.15, 0.2) is 0 Å². The number of carbonyl (C=O) groups is 2. The van der Waals surface area contributed by atoms with Crippen molar-refractivity contribution in [3.63, 3.8) is 0 Å². The van der Waals surface area contributed by atoms with Gasteiger partial charge in [0.05, 0.1) is 5.37 Å². The molecule has 0 aromatic rings. The van der Waals surface area contributed by atoms with Gasteiger partial charge >= 0.3 is 0 Å². The molecule has 2 unspecified atom stereocenters. The lowest BCUT2D eigenvalue weighted by atomic mass is 10.0. The summed E-state index contributed by atoms with van der Waals surface area (Å²) in [6, 6.07) is 0. The Bertz CT molecular complexity index is 162. The molecule has 0 saturated heterocycles. The van der Waals surface area contributed by atoms with Gasteiger partial charge in [-0.25, -0.2) is 0 Å². The van der Waals surface area contributed by atoms with Crippen molar-refractivity contribution in [1.82, 2.24) is 5.32 Å². The molecular formula is C10H21NO2S. The summed E-state index contributed by atoms with van der Waals surface area (Å²) in [5.41, 5.74) is 0. The summed E-state index contributed by atoms with van der Waals surface area (Å²) in [7, 11) is 0. The van der Waals surface area contributed by atoms with Crippen LogP contribution in [-0.2, 0) is 9.59 Å². The van der Waals surface area contributed by atoms with Gasteiger partial charge in [0.1, 0.15) is 5.78 Å². The zero-order valence-corrected chi connectivity index (χ0v) is 10.5. The molecule has 1 amide bonds. The first kappa shape index (κ1) is 15.9. The van der Waals surface area contributed by atoms with Gasteiger partial charge < -0.3 is 5.32 Å². The highest BCUT2D eigenvalue weighted by atomic mass is 32.2. The summed E-state index contributed by atoms with van der Waals surface area (Å²) >= 11 is 1.49. The van der Waals surface area contributed by atoms with Crippen LogP contribution in [-0.4, -0.2) is 23.8 Å². The minimum Gasteiger partial charge on any atom is -0.346 e. The largest absolute Gasteiger partial charge is 0.346 e. The fourth-order valence-electron chi connectivity index (χ4n) is 1.13. The van der Waals surface area contributed by atoms with E-state index in [2.05, 4.69) is 5.32 Å². The van der Waals surface area contributed by atoms with Crippen molar-refractivity contribution in [3.05, 3.63) is 0 Å². The van der Waals surface area contributed by atoms with E-state index in [1.54, 1.807) is 6.92 Å². The summed E-state index contributed by atoms with van der Waals surface area (Å²) in [6.45, 7) is 7.51. The fraction of sp³-hybridized carbons (Fsp3) is 0.800. The third kappa shape index (κ3) is 6.02. The van der Waals surface area contributed by atoms with Crippen LogP contribution in [0.15, 0.2) is 0 Å². The summed E-state index contributed by atoms with van der Waals surface area (Å²) in [5, 5.41) is 2.55. The maximum atomic E-state index is 11.1. The molecule has 0 radical (unpaired) electrons. The quantitative estimate of drug-likeness (QED) is 0.549. The minimum atomic E-state index is -0.0787. The molecule has 84 valence electrons. The van der Waals surface area contributed by atoms with Crippen molar-refractivity contribution in [2.45, 2.75) is 39.5 Å². The molecule has 0 heterocycles. The van der Waals surface area contributed by atoms with E-state index < -0.39 is 0 Å². The van der Waals surface area contributed by atoms with Crippen molar-refractivity contribution in [3.8, 4) is 0 Å². The Labute approximate surface area is 91.0 Å². The molecule has 4 heteroatoms. The van der Waals surface area contributed by atoms with Crippen molar-refractivity contribution < 1.29 is 9.59 Å². The number of hydrogen-bond donors (Lipinski definition) is 1. The van der Waals surface area contributed by atoms with Crippen molar-refractivity contribution >= 4 is 24.0 Å². The van der Waals surface area contributed by atoms with E-state index in [1.165, 1.54) is 11.8 Å². The zero-order valence-electron chi connectivity index (χ0n) is 9.66. The Morgan fingerprint density at radius 3 is 2.21 bits per heavy atom. The monoisotopic (exact) mass is 219 g/mol. The van der Waals surface area contributed by atoms with Crippen LogP contribution in [0.5, 0.6) is 0 Å². The summed E-state index contributed by atoms with van der Waals surface area (Å²) < 4.78 is 0. The first-order valence-corrected chi connectivity index (χ1v) is 6.19. The standard InChI is InChI=1S/C8H15NO2S.C2H6/c1-4-7(6(2)11)8(12-3)9-5-10;1-2/h5,7-8H,4H2,1-3H3,(H,9,10);1-2H3. The maximum Gasteiger partial charge on any atom is 0.208 e. The number of carbonyl (C=O) groups excluding carboxylic acids is 2. The number of amides is 1. The van der Waals surface area contributed by atoms with Crippen LogP contribution < -0.4 is 5.32 Å². The predicted octanol–water partition coefficient (Wildman–Crippen LogP) is 2.06. The van der Waals surface area contributed by atoms with Crippen LogP contribution in [0.2, 0.25) is 0 Å². The smallest absolute Gasteiger partial charge is 0.208 e. The average Bonchev–Trinajstić information content (AvgIpc) is 2.20. The van der Waals surface area contributed by atoms with Crippen LogP contribution in [0.25, 0.3) is 0 Å². The predicted molar refractivity (Wildman–Crippen MR) is 62.3 cm³/mol. The maximum absolute atomic E-state index is 11.1. The van der Waals surface area contributed by atoms with Gasteiger partial charge in [-0.2, -0.15) is 0 Å². The van der Waals surface area contributed by atoms with Crippen LogP contribution in [0.1, 0.15) is 34.1 Å². The molecule has 0 aromatic heterocycles. The summed E-state index contributed by atoms with van der Waals surface area (Å²) in [4.78, 5) is 21.3. The summed E-state index contributed by atoms with van der Waals surface area (Å²) in [5.74, 6) is 0.0661. The van der Waals surface area contributed by atoms with E-state index in [1.807, 2.05) is 27.0 Å². The van der Waals surface area contributed by atoms with E-state index in [9.17, 15) is 9.59 Å². The Kier molecular flexibility index (Phi) is 12.0. The lowest BCUT2D eigenvalue weighted by Crippen LogP contribution is -2.35. The molecule has 14 heavy (non-hydrogen) atoms. The lowest BCUT2D eigenvalue weighted by molar-refractivity contribution is -0.121. The van der Waals surface area contributed by atoms with Gasteiger partial charge in [0, 0.05) is 5.92 Å². The number of ketones is 1. The van der Waals surface area contributed by atoms with Gasteiger partial charge in [-0.1, -0.05) is 20.8 Å². The molecule has 0 aliphatic heterocycles. The van der Waals surface area contributed by atoms with Crippen LogP contribution >= 0.6 is 11.8 Å². The zero-order chi connectivity index (χ0) is 11.6. The van der Waals surface area contributed by atoms with Gasteiger partial charge in [-0.05, 0) is 19.6 Å². The lowest BCUT2D eigenvalue weighted by Gasteiger charge is -2.21. The Morgan fingerprint density at radius 1 is 1.50 bits per heavy atom. The normalized spacial score (nSPS) is 13.2.